The predicted octanol–water partition coefficient (Wildman–Crippen LogP) is 1.71. The van der Waals surface area contributed by atoms with Gasteiger partial charge in [-0.1, -0.05) is 23.5 Å². The van der Waals surface area contributed by atoms with Gasteiger partial charge in [0.15, 0.2) is 4.80 Å². The summed E-state index contributed by atoms with van der Waals surface area (Å²) in [6.45, 7) is 4.45. The third kappa shape index (κ3) is 2.94. The van der Waals surface area contributed by atoms with Gasteiger partial charge in [-0.2, -0.15) is 9.30 Å². The van der Waals surface area contributed by atoms with Gasteiger partial charge in [0.1, 0.15) is 6.04 Å². The zero-order valence-corrected chi connectivity index (χ0v) is 15.9. The number of carbonyl (C=O) groups excluding carboxylic acids is 1. The molecule has 1 unspecified atom stereocenters. The Morgan fingerprint density at radius 2 is 1.96 bits per heavy atom. The minimum Gasteiger partial charge on any atom is -0.319 e. The van der Waals surface area contributed by atoms with Crippen molar-refractivity contribution in [2.75, 3.05) is 12.8 Å². The molecule has 1 fully saturated rings. The number of sulfonamides is 1. The molecule has 3 rings (SSSR count). The fraction of sp³-hybridized carbons (Fsp3) is 0.500. The van der Waals surface area contributed by atoms with E-state index in [0.717, 1.165) is 27.6 Å². The minimum atomic E-state index is -3.39. The summed E-state index contributed by atoms with van der Waals surface area (Å²) in [5.41, 5.74) is 3.34. The van der Waals surface area contributed by atoms with E-state index in [4.69, 9.17) is 0 Å². The summed E-state index contributed by atoms with van der Waals surface area (Å²) in [7, 11) is -1.50. The molecule has 1 aliphatic rings. The van der Waals surface area contributed by atoms with Crippen molar-refractivity contribution in [3.8, 4) is 0 Å². The highest BCUT2D eigenvalue weighted by atomic mass is 32.2. The van der Waals surface area contributed by atoms with Gasteiger partial charge in [0.25, 0.3) is 5.91 Å². The average molecular weight is 367 g/mol. The van der Waals surface area contributed by atoms with Crippen LogP contribution in [0.15, 0.2) is 17.1 Å². The Balaban J connectivity index is 2.08. The number of rotatable bonds is 2. The molecule has 6 nitrogen and oxygen atoms in total. The number of nitrogens with zero attached hydrogens (tertiary/aromatic N) is 3. The minimum absolute atomic E-state index is 0.379. The van der Waals surface area contributed by atoms with E-state index in [0.29, 0.717) is 24.2 Å². The molecule has 1 saturated heterocycles. The Labute approximate surface area is 145 Å². The Morgan fingerprint density at radius 3 is 2.58 bits per heavy atom. The Hall–Kier alpha value is -1.51. The first kappa shape index (κ1) is 17.3. The van der Waals surface area contributed by atoms with Crippen molar-refractivity contribution >= 4 is 37.5 Å². The van der Waals surface area contributed by atoms with Crippen LogP contribution in [0.3, 0.4) is 0 Å². The van der Waals surface area contributed by atoms with Gasteiger partial charge in [0, 0.05) is 13.6 Å². The summed E-state index contributed by atoms with van der Waals surface area (Å²) in [5.74, 6) is -0.379. The summed E-state index contributed by atoms with van der Waals surface area (Å²) in [6.07, 6.45) is 2.36. The van der Waals surface area contributed by atoms with Crippen LogP contribution in [0.1, 0.15) is 24.0 Å². The van der Waals surface area contributed by atoms with Crippen LogP contribution in [0, 0.1) is 13.8 Å². The van der Waals surface area contributed by atoms with Crippen molar-refractivity contribution in [3.05, 3.63) is 28.1 Å². The second-order valence-corrected chi connectivity index (χ2v) is 9.22. The van der Waals surface area contributed by atoms with E-state index < -0.39 is 16.1 Å². The van der Waals surface area contributed by atoms with Gasteiger partial charge in [0.05, 0.1) is 16.5 Å². The van der Waals surface area contributed by atoms with E-state index in [2.05, 4.69) is 17.1 Å². The zero-order chi connectivity index (χ0) is 17.6. The van der Waals surface area contributed by atoms with Crippen molar-refractivity contribution < 1.29 is 13.2 Å². The third-order valence-corrected chi connectivity index (χ3v) is 7.02. The van der Waals surface area contributed by atoms with Crippen molar-refractivity contribution in [3.63, 3.8) is 0 Å². The maximum absolute atomic E-state index is 12.6. The van der Waals surface area contributed by atoms with Gasteiger partial charge < -0.3 is 4.57 Å². The second-order valence-electron chi connectivity index (χ2n) is 6.30. The SMILES string of the molecule is Cc1ccc(C)c2c1sc(=NC(=O)C1CCCN1S(C)(=O)=O)n2C. The summed E-state index contributed by atoms with van der Waals surface area (Å²) >= 11 is 1.47. The zero-order valence-electron chi connectivity index (χ0n) is 14.2. The molecule has 0 N–H and O–H groups in total. The molecule has 0 radical (unpaired) electrons. The van der Waals surface area contributed by atoms with Crippen molar-refractivity contribution in [2.24, 2.45) is 12.0 Å². The maximum Gasteiger partial charge on any atom is 0.266 e. The fourth-order valence-corrected chi connectivity index (χ4v) is 5.51. The smallest absolute Gasteiger partial charge is 0.266 e. The molecule has 2 aromatic rings. The highest BCUT2D eigenvalue weighted by Crippen LogP contribution is 2.25. The lowest BCUT2D eigenvalue weighted by molar-refractivity contribution is -0.121. The van der Waals surface area contributed by atoms with Gasteiger partial charge in [-0.25, -0.2) is 8.42 Å². The highest BCUT2D eigenvalue weighted by Gasteiger charge is 2.36. The summed E-state index contributed by atoms with van der Waals surface area (Å²) in [4.78, 5) is 17.5. The number of carbonyl (C=O) groups is 1. The molecule has 0 aliphatic carbocycles. The lowest BCUT2D eigenvalue weighted by Gasteiger charge is -2.18. The summed E-state index contributed by atoms with van der Waals surface area (Å²) in [6, 6.07) is 3.44. The summed E-state index contributed by atoms with van der Waals surface area (Å²) < 4.78 is 27.9. The fourth-order valence-electron chi connectivity index (χ4n) is 3.22. The van der Waals surface area contributed by atoms with E-state index in [-0.39, 0.29) is 5.91 Å². The van der Waals surface area contributed by atoms with Gasteiger partial charge in [-0.3, -0.25) is 4.79 Å². The van der Waals surface area contributed by atoms with Crippen LogP contribution >= 0.6 is 11.3 Å². The van der Waals surface area contributed by atoms with Gasteiger partial charge >= 0.3 is 0 Å². The molecule has 1 aromatic carbocycles. The van der Waals surface area contributed by atoms with E-state index >= 15 is 0 Å². The first-order chi connectivity index (χ1) is 11.2. The number of hydrogen-bond donors (Lipinski definition) is 0. The van der Waals surface area contributed by atoms with Crippen molar-refractivity contribution in [1.82, 2.24) is 8.87 Å². The number of aromatic nitrogens is 1. The Kier molecular flexibility index (Phi) is 4.39. The van der Waals surface area contributed by atoms with E-state index in [1.54, 1.807) is 0 Å². The molecule has 0 saturated carbocycles. The number of hydrogen-bond acceptors (Lipinski definition) is 4. The number of thiazole rings is 1. The molecule has 0 spiro atoms. The van der Waals surface area contributed by atoms with Crippen molar-refractivity contribution in [2.45, 2.75) is 32.7 Å². The van der Waals surface area contributed by atoms with Crippen LogP contribution in [0.25, 0.3) is 10.2 Å². The predicted molar refractivity (Wildman–Crippen MR) is 95.4 cm³/mol. The Bertz CT molecular complexity index is 986. The largest absolute Gasteiger partial charge is 0.319 e. The number of aryl methyl sites for hydroxylation is 3. The molecule has 1 amide bonds. The maximum atomic E-state index is 12.6. The Morgan fingerprint density at radius 1 is 1.29 bits per heavy atom. The van der Waals surface area contributed by atoms with Crippen molar-refractivity contribution in [1.29, 1.82) is 0 Å². The molecule has 0 bridgehead atoms. The molecule has 1 aliphatic heterocycles. The number of benzene rings is 1. The molecule has 1 aromatic heterocycles. The second kappa shape index (κ2) is 6.09. The van der Waals surface area contributed by atoms with Crippen LogP contribution in [-0.2, 0) is 21.9 Å². The molecular weight excluding hydrogens is 346 g/mol. The molecular formula is C16H21N3O3S2. The monoisotopic (exact) mass is 367 g/mol. The quantitative estimate of drug-likeness (QED) is 0.811. The van der Waals surface area contributed by atoms with Crippen LogP contribution in [-0.4, -0.2) is 42.0 Å². The topological polar surface area (TPSA) is 71.7 Å². The summed E-state index contributed by atoms with van der Waals surface area (Å²) in [5, 5.41) is 0. The van der Waals surface area contributed by atoms with Crippen LogP contribution in [0.5, 0.6) is 0 Å². The molecule has 8 heteroatoms. The van der Waals surface area contributed by atoms with Gasteiger partial charge in [-0.15, -0.1) is 0 Å². The van der Waals surface area contributed by atoms with Crippen LogP contribution in [0.4, 0.5) is 0 Å². The molecule has 24 heavy (non-hydrogen) atoms. The lowest BCUT2D eigenvalue weighted by Crippen LogP contribution is -2.39. The number of fused-ring (bicyclic) bond motifs is 1. The van der Waals surface area contributed by atoms with Crippen LogP contribution < -0.4 is 4.80 Å². The first-order valence-electron chi connectivity index (χ1n) is 7.81. The van der Waals surface area contributed by atoms with E-state index in [1.165, 1.54) is 15.6 Å². The first-order valence-corrected chi connectivity index (χ1v) is 10.5. The molecule has 130 valence electrons. The third-order valence-electron chi connectivity index (χ3n) is 4.47. The van der Waals surface area contributed by atoms with Crippen LogP contribution in [0.2, 0.25) is 0 Å². The normalized spacial score (nSPS) is 20.2. The van der Waals surface area contributed by atoms with E-state index in [1.807, 2.05) is 25.5 Å². The standard InChI is InChI=1S/C16H21N3O3S2/c1-10-7-8-11(2)14-13(10)18(3)16(23-14)17-15(20)12-6-5-9-19(12)24(4,21)22/h7-8,12H,5-6,9H2,1-4H3. The lowest BCUT2D eigenvalue weighted by atomic mass is 10.1. The van der Waals surface area contributed by atoms with Gasteiger partial charge in [0.2, 0.25) is 10.0 Å². The van der Waals surface area contributed by atoms with E-state index in [9.17, 15) is 13.2 Å². The molecule has 2 heterocycles. The highest BCUT2D eigenvalue weighted by molar-refractivity contribution is 7.88. The average Bonchev–Trinajstić information content (AvgIpc) is 3.09. The van der Waals surface area contributed by atoms with Gasteiger partial charge in [-0.05, 0) is 37.8 Å². The number of amides is 1. The molecule has 1 atom stereocenters.